The maximum absolute atomic E-state index is 7.51. The molecule has 0 saturated heterocycles. The van der Waals surface area contributed by atoms with Crippen LogP contribution in [-0.4, -0.2) is 18.3 Å². The molecular formula is C7H16NO2PS2. The molecule has 0 aromatic carbocycles. The van der Waals surface area contributed by atoms with Crippen molar-refractivity contribution in [3.8, 4) is 0 Å². The van der Waals surface area contributed by atoms with Crippen molar-refractivity contribution in [2.75, 3.05) is 13.2 Å². The van der Waals surface area contributed by atoms with Gasteiger partial charge in [-0.25, -0.2) is 0 Å². The van der Waals surface area contributed by atoms with E-state index >= 15 is 0 Å². The van der Waals surface area contributed by atoms with Gasteiger partial charge in [0, 0.05) is 0 Å². The molecule has 1 N–H and O–H groups in total. The van der Waals surface area contributed by atoms with Crippen molar-refractivity contribution in [1.82, 2.24) is 0 Å². The molecule has 0 rings (SSSR count). The highest BCUT2D eigenvalue weighted by molar-refractivity contribution is 8.73. The van der Waals surface area contributed by atoms with E-state index in [1.54, 1.807) is 0 Å². The largest absolute Gasteiger partial charge is 0.322 e. The van der Waals surface area contributed by atoms with Crippen LogP contribution in [0.25, 0.3) is 0 Å². The fourth-order valence-electron chi connectivity index (χ4n) is 0.606. The minimum absolute atomic E-state index is 0.533. The molecule has 3 nitrogen and oxygen atoms in total. The summed E-state index contributed by atoms with van der Waals surface area (Å²) in [7, 11) is 0. The number of nitrogens with one attached hydrogen (secondary N) is 1. The lowest BCUT2D eigenvalue weighted by molar-refractivity contribution is 0.281. The number of rotatable bonds is 6. The van der Waals surface area contributed by atoms with Crippen molar-refractivity contribution in [2.45, 2.75) is 27.2 Å². The molecule has 0 atom stereocenters. The summed E-state index contributed by atoms with van der Waals surface area (Å²) < 4.78 is 10.7. The summed E-state index contributed by atoms with van der Waals surface area (Å²) in [6.07, 6.45) is 0.684. The van der Waals surface area contributed by atoms with Crippen molar-refractivity contribution >= 4 is 33.9 Å². The summed E-state index contributed by atoms with van der Waals surface area (Å²) in [5.74, 6) is 0. The van der Waals surface area contributed by atoms with Gasteiger partial charge in [-0.15, -0.1) is 0 Å². The molecule has 0 spiro atoms. The van der Waals surface area contributed by atoms with Gasteiger partial charge in [0.2, 0.25) is 0 Å². The van der Waals surface area contributed by atoms with Gasteiger partial charge in [-0.05, 0) is 43.5 Å². The minimum Gasteiger partial charge on any atom is -0.322 e. The molecule has 0 fully saturated rings. The quantitative estimate of drug-likeness (QED) is 0.439. The third-order valence-corrected chi connectivity index (χ3v) is 6.27. The Hall–Kier alpha value is 0.590. The number of hydrogen-bond acceptors (Lipinski definition) is 5. The molecule has 78 valence electrons. The van der Waals surface area contributed by atoms with Gasteiger partial charge in [-0.2, -0.15) is 0 Å². The van der Waals surface area contributed by atoms with Crippen LogP contribution in [0.4, 0.5) is 0 Å². The average Bonchev–Trinajstić information content (AvgIpc) is 2.04. The molecule has 0 aromatic rings. The van der Waals surface area contributed by atoms with E-state index in [4.69, 9.17) is 26.3 Å². The van der Waals surface area contributed by atoms with E-state index in [-0.39, 0.29) is 0 Å². The van der Waals surface area contributed by atoms with Crippen molar-refractivity contribution in [1.29, 1.82) is 5.41 Å². The Bertz CT molecular complexity index is 201. The Labute approximate surface area is 89.0 Å². The first-order chi connectivity index (χ1) is 6.08. The topological polar surface area (TPSA) is 42.3 Å². The van der Waals surface area contributed by atoms with E-state index in [1.807, 2.05) is 20.8 Å². The van der Waals surface area contributed by atoms with Gasteiger partial charge in [0.1, 0.15) is 0 Å². The molecule has 0 amide bonds. The molecule has 13 heavy (non-hydrogen) atoms. The summed E-state index contributed by atoms with van der Waals surface area (Å²) >= 11 is 6.49. The summed E-state index contributed by atoms with van der Waals surface area (Å²) in [5.41, 5.74) is -2.27. The smallest absolute Gasteiger partial charge is 0.253 e. The first kappa shape index (κ1) is 13.6. The monoisotopic (exact) mass is 241 g/mol. The van der Waals surface area contributed by atoms with Crippen LogP contribution >= 0.6 is 17.1 Å². The molecule has 0 aromatic heterocycles. The standard InChI is InChI=1S/C7H16NO2PS2/c1-4-7(8)13-11(12,9-5-2)10-6-3/h8H,4-6H2,1-3H3. The van der Waals surface area contributed by atoms with Crippen LogP contribution in [0.1, 0.15) is 27.2 Å². The van der Waals surface area contributed by atoms with Crippen LogP contribution < -0.4 is 0 Å². The van der Waals surface area contributed by atoms with Crippen LogP contribution in [0, 0.1) is 5.41 Å². The van der Waals surface area contributed by atoms with E-state index in [0.717, 1.165) is 0 Å². The van der Waals surface area contributed by atoms with Gasteiger partial charge in [0.15, 0.2) is 0 Å². The second kappa shape index (κ2) is 6.96. The van der Waals surface area contributed by atoms with E-state index in [0.29, 0.717) is 24.7 Å². The third-order valence-electron chi connectivity index (χ3n) is 1.12. The van der Waals surface area contributed by atoms with Gasteiger partial charge < -0.3 is 9.05 Å². The van der Waals surface area contributed by atoms with Crippen molar-refractivity contribution in [2.24, 2.45) is 0 Å². The second-order valence-corrected chi connectivity index (χ2v) is 8.36. The van der Waals surface area contributed by atoms with Crippen LogP contribution in [0.2, 0.25) is 0 Å². The first-order valence-corrected chi connectivity index (χ1v) is 8.30. The summed E-state index contributed by atoms with van der Waals surface area (Å²) in [5, 5.41) is 8.05. The number of hydrogen-bond donors (Lipinski definition) is 1. The normalized spacial score (nSPS) is 11.6. The SMILES string of the molecule is CCOP(=S)(OCC)SC(=N)CC. The van der Waals surface area contributed by atoms with Crippen LogP contribution in [-0.2, 0) is 20.9 Å². The van der Waals surface area contributed by atoms with Crippen molar-refractivity contribution in [3.63, 3.8) is 0 Å². The molecular weight excluding hydrogens is 225 g/mol. The maximum Gasteiger partial charge on any atom is 0.253 e. The highest BCUT2D eigenvalue weighted by Gasteiger charge is 2.20. The zero-order chi connectivity index (χ0) is 10.3. The molecule has 0 radical (unpaired) electrons. The Morgan fingerprint density at radius 1 is 1.31 bits per heavy atom. The van der Waals surface area contributed by atoms with E-state index < -0.39 is 5.69 Å². The fourth-order valence-corrected chi connectivity index (χ4v) is 5.41. The van der Waals surface area contributed by atoms with E-state index in [9.17, 15) is 0 Å². The Morgan fingerprint density at radius 2 is 1.77 bits per heavy atom. The van der Waals surface area contributed by atoms with Crippen LogP contribution in [0.15, 0.2) is 0 Å². The molecule has 0 aliphatic rings. The first-order valence-electron chi connectivity index (χ1n) is 4.24. The average molecular weight is 241 g/mol. The third kappa shape index (κ3) is 5.81. The minimum atomic E-state index is -2.27. The van der Waals surface area contributed by atoms with Gasteiger partial charge in [-0.3, -0.25) is 5.41 Å². The Kier molecular flexibility index (Phi) is 7.27. The Morgan fingerprint density at radius 3 is 2.08 bits per heavy atom. The molecule has 6 heteroatoms. The van der Waals surface area contributed by atoms with Crippen molar-refractivity contribution < 1.29 is 9.05 Å². The van der Waals surface area contributed by atoms with Crippen LogP contribution in [0.5, 0.6) is 0 Å². The summed E-state index contributed by atoms with van der Waals surface area (Å²) in [6, 6.07) is 0. The lowest BCUT2D eigenvalue weighted by Crippen LogP contribution is -1.95. The predicted octanol–water partition coefficient (Wildman–Crippen LogP) is 3.40. The molecule has 0 unspecified atom stereocenters. The van der Waals surface area contributed by atoms with Crippen LogP contribution in [0.3, 0.4) is 0 Å². The second-order valence-electron chi connectivity index (χ2n) is 2.15. The van der Waals surface area contributed by atoms with E-state index in [2.05, 4.69) is 0 Å². The van der Waals surface area contributed by atoms with E-state index in [1.165, 1.54) is 11.4 Å². The van der Waals surface area contributed by atoms with Crippen molar-refractivity contribution in [3.05, 3.63) is 0 Å². The molecule has 0 aliphatic carbocycles. The highest BCUT2D eigenvalue weighted by atomic mass is 32.9. The zero-order valence-corrected chi connectivity index (χ0v) is 10.7. The highest BCUT2D eigenvalue weighted by Crippen LogP contribution is 2.61. The predicted molar refractivity (Wildman–Crippen MR) is 63.1 cm³/mol. The van der Waals surface area contributed by atoms with Gasteiger partial charge in [0.05, 0.1) is 18.3 Å². The van der Waals surface area contributed by atoms with Gasteiger partial charge in [0.25, 0.3) is 5.69 Å². The maximum atomic E-state index is 7.51. The molecule has 0 bridgehead atoms. The molecule has 0 aliphatic heterocycles. The Balaban J connectivity index is 4.23. The summed E-state index contributed by atoms with van der Waals surface area (Å²) in [4.78, 5) is 0. The molecule has 0 saturated carbocycles. The lowest BCUT2D eigenvalue weighted by atomic mass is 10.5. The zero-order valence-electron chi connectivity index (χ0n) is 8.20. The van der Waals surface area contributed by atoms with Gasteiger partial charge in [-0.1, -0.05) is 6.92 Å². The lowest BCUT2D eigenvalue weighted by Gasteiger charge is -2.19. The summed E-state index contributed by atoms with van der Waals surface area (Å²) in [6.45, 7) is 6.78. The fraction of sp³-hybridized carbons (Fsp3) is 0.857. The van der Waals surface area contributed by atoms with Gasteiger partial charge >= 0.3 is 0 Å². The molecule has 0 heterocycles.